The van der Waals surface area contributed by atoms with Gasteiger partial charge in [-0.3, -0.25) is 4.79 Å². The number of H-pyrrole nitrogens is 1. The van der Waals surface area contributed by atoms with E-state index in [1.807, 2.05) is 49.4 Å². The standard InChI is InChI=1S/C32H28FN3O4S/c1-3-20-17-26(41(2,38)39)10-11-27(20)32(37)36-14-15-40-30-13-8-23(16-24(30)19-36)21-4-6-22(7-5-21)31-34-28-12-9-25(33)18-29(28)35-31/h4-13,16-18H,3,14-15,19H2,1-2H3,(H,34,35). The minimum Gasteiger partial charge on any atom is -0.491 e. The molecule has 5 aromatic rings. The quantitative estimate of drug-likeness (QED) is 0.279. The number of imidazole rings is 1. The van der Waals surface area contributed by atoms with E-state index in [1.165, 1.54) is 24.5 Å². The fraction of sp³-hybridized carbons (Fsp3) is 0.188. The van der Waals surface area contributed by atoms with E-state index in [-0.39, 0.29) is 16.6 Å². The van der Waals surface area contributed by atoms with Crippen molar-refractivity contribution in [3.8, 4) is 28.3 Å². The van der Waals surface area contributed by atoms with E-state index >= 15 is 0 Å². The number of carbonyl (C=O) groups is 1. The molecule has 1 amide bonds. The van der Waals surface area contributed by atoms with Crippen LogP contribution in [0.25, 0.3) is 33.5 Å². The Labute approximate surface area is 237 Å². The predicted octanol–water partition coefficient (Wildman–Crippen LogP) is 6.04. The first-order valence-corrected chi connectivity index (χ1v) is 15.2. The van der Waals surface area contributed by atoms with Crippen molar-refractivity contribution in [2.45, 2.75) is 24.8 Å². The maximum atomic E-state index is 13.6. The Hall–Kier alpha value is -4.50. The van der Waals surface area contributed by atoms with Crippen molar-refractivity contribution >= 4 is 26.8 Å². The Kier molecular flexibility index (Phi) is 6.83. The molecule has 1 aromatic heterocycles. The molecular weight excluding hydrogens is 541 g/mol. The number of hydrogen-bond acceptors (Lipinski definition) is 5. The molecule has 0 aliphatic carbocycles. The summed E-state index contributed by atoms with van der Waals surface area (Å²) in [5.41, 5.74) is 6.29. The van der Waals surface area contributed by atoms with Crippen LogP contribution >= 0.6 is 0 Å². The topological polar surface area (TPSA) is 92.4 Å². The number of halogens is 1. The number of aromatic nitrogens is 2. The van der Waals surface area contributed by atoms with Gasteiger partial charge in [-0.05, 0) is 71.6 Å². The van der Waals surface area contributed by atoms with Crippen LogP contribution in [0.5, 0.6) is 5.75 Å². The van der Waals surface area contributed by atoms with Crippen molar-refractivity contribution in [1.29, 1.82) is 0 Å². The summed E-state index contributed by atoms with van der Waals surface area (Å²) in [4.78, 5) is 23.3. The highest BCUT2D eigenvalue weighted by molar-refractivity contribution is 7.90. The molecule has 0 saturated carbocycles. The smallest absolute Gasteiger partial charge is 0.254 e. The van der Waals surface area contributed by atoms with Crippen molar-refractivity contribution in [3.63, 3.8) is 0 Å². The van der Waals surface area contributed by atoms with Crippen LogP contribution in [0.4, 0.5) is 4.39 Å². The van der Waals surface area contributed by atoms with Gasteiger partial charge in [-0.2, -0.15) is 0 Å². The van der Waals surface area contributed by atoms with Crippen LogP contribution in [-0.2, 0) is 22.8 Å². The van der Waals surface area contributed by atoms with Crippen LogP contribution in [0, 0.1) is 5.82 Å². The average molecular weight is 570 g/mol. The van der Waals surface area contributed by atoms with Gasteiger partial charge in [0.25, 0.3) is 5.91 Å². The molecule has 1 aliphatic heterocycles. The Morgan fingerprint density at radius 1 is 0.976 bits per heavy atom. The second kappa shape index (κ2) is 10.5. The molecule has 41 heavy (non-hydrogen) atoms. The molecule has 0 spiro atoms. The number of amides is 1. The normalized spacial score (nSPS) is 13.5. The predicted molar refractivity (Wildman–Crippen MR) is 156 cm³/mol. The number of aryl methyl sites for hydroxylation is 1. The van der Waals surface area contributed by atoms with Crippen LogP contribution in [-0.4, -0.2) is 48.6 Å². The van der Waals surface area contributed by atoms with Gasteiger partial charge in [0.15, 0.2) is 9.84 Å². The number of fused-ring (bicyclic) bond motifs is 2. The van der Waals surface area contributed by atoms with Gasteiger partial charge < -0.3 is 14.6 Å². The number of nitrogens with zero attached hydrogens (tertiary/aromatic N) is 2. The van der Waals surface area contributed by atoms with Crippen LogP contribution in [0.1, 0.15) is 28.4 Å². The molecule has 0 unspecified atom stereocenters. The van der Waals surface area contributed by atoms with Gasteiger partial charge in [0.05, 0.1) is 22.5 Å². The fourth-order valence-corrected chi connectivity index (χ4v) is 5.83. The fourth-order valence-electron chi connectivity index (χ4n) is 5.16. The number of carbonyl (C=O) groups excluding carboxylic acids is 1. The summed E-state index contributed by atoms with van der Waals surface area (Å²) >= 11 is 0. The highest BCUT2D eigenvalue weighted by atomic mass is 32.2. The number of nitrogens with one attached hydrogen (secondary N) is 1. The van der Waals surface area contributed by atoms with E-state index in [1.54, 1.807) is 23.1 Å². The minimum absolute atomic E-state index is 0.154. The van der Waals surface area contributed by atoms with Crippen LogP contribution in [0.2, 0.25) is 0 Å². The summed E-state index contributed by atoms with van der Waals surface area (Å²) in [6.07, 6.45) is 1.70. The number of ether oxygens (including phenoxy) is 1. The van der Waals surface area contributed by atoms with Gasteiger partial charge in [0.1, 0.15) is 24.0 Å². The number of sulfone groups is 1. The van der Waals surface area contributed by atoms with Crippen molar-refractivity contribution in [2.75, 3.05) is 19.4 Å². The average Bonchev–Trinajstić information content (AvgIpc) is 3.27. The first-order chi connectivity index (χ1) is 19.7. The zero-order chi connectivity index (χ0) is 28.7. The lowest BCUT2D eigenvalue weighted by molar-refractivity contribution is 0.0732. The molecule has 0 fully saturated rings. The van der Waals surface area contributed by atoms with Crippen LogP contribution < -0.4 is 4.74 Å². The monoisotopic (exact) mass is 569 g/mol. The first-order valence-electron chi connectivity index (χ1n) is 13.3. The lowest BCUT2D eigenvalue weighted by Gasteiger charge is -2.22. The molecule has 0 saturated heterocycles. The molecule has 9 heteroatoms. The maximum absolute atomic E-state index is 13.6. The van der Waals surface area contributed by atoms with E-state index in [0.29, 0.717) is 54.1 Å². The van der Waals surface area contributed by atoms with Crippen molar-refractivity contribution in [1.82, 2.24) is 14.9 Å². The molecule has 1 aliphatic rings. The van der Waals surface area contributed by atoms with Crippen molar-refractivity contribution < 1.29 is 22.3 Å². The van der Waals surface area contributed by atoms with E-state index in [9.17, 15) is 17.6 Å². The Morgan fingerprint density at radius 2 is 1.73 bits per heavy atom. The summed E-state index contributed by atoms with van der Waals surface area (Å²) in [5, 5.41) is 0. The number of rotatable bonds is 5. The third-order valence-corrected chi connectivity index (χ3v) is 8.49. The second-order valence-corrected chi connectivity index (χ2v) is 12.2. The molecule has 0 bridgehead atoms. The van der Waals surface area contributed by atoms with Gasteiger partial charge in [-0.1, -0.05) is 37.3 Å². The third-order valence-electron chi connectivity index (χ3n) is 7.38. The molecular formula is C32H28FN3O4S. The minimum atomic E-state index is -3.37. The highest BCUT2D eigenvalue weighted by Gasteiger charge is 2.24. The van der Waals surface area contributed by atoms with Crippen molar-refractivity contribution in [2.24, 2.45) is 0 Å². The summed E-state index contributed by atoms with van der Waals surface area (Å²) in [7, 11) is -3.37. The summed E-state index contributed by atoms with van der Waals surface area (Å²) < 4.78 is 43.6. The largest absolute Gasteiger partial charge is 0.491 e. The lowest BCUT2D eigenvalue weighted by atomic mass is 10.00. The molecule has 7 nitrogen and oxygen atoms in total. The summed E-state index contributed by atoms with van der Waals surface area (Å²) in [6, 6.07) is 23.1. The first kappa shape index (κ1) is 26.7. The molecule has 208 valence electrons. The van der Waals surface area contributed by atoms with Crippen LogP contribution in [0.3, 0.4) is 0 Å². The summed E-state index contributed by atoms with van der Waals surface area (Å²) in [5.74, 6) is 0.931. The van der Waals surface area contributed by atoms with E-state index in [4.69, 9.17) is 4.74 Å². The lowest BCUT2D eigenvalue weighted by Crippen LogP contribution is -2.33. The molecule has 6 rings (SSSR count). The Balaban J connectivity index is 1.26. The molecule has 1 N–H and O–H groups in total. The molecule has 2 heterocycles. The van der Waals surface area contributed by atoms with Gasteiger partial charge in [-0.15, -0.1) is 0 Å². The zero-order valence-electron chi connectivity index (χ0n) is 22.6. The Bertz CT molecular complexity index is 1900. The van der Waals surface area contributed by atoms with E-state index in [2.05, 4.69) is 9.97 Å². The van der Waals surface area contributed by atoms with Crippen molar-refractivity contribution in [3.05, 3.63) is 101 Å². The van der Waals surface area contributed by atoms with Gasteiger partial charge >= 0.3 is 0 Å². The van der Waals surface area contributed by atoms with Crippen LogP contribution in [0.15, 0.2) is 83.8 Å². The number of aromatic amines is 1. The molecule has 4 aromatic carbocycles. The third kappa shape index (κ3) is 5.32. The molecule has 0 atom stereocenters. The van der Waals surface area contributed by atoms with Gasteiger partial charge in [0, 0.05) is 29.5 Å². The highest BCUT2D eigenvalue weighted by Crippen LogP contribution is 2.31. The van der Waals surface area contributed by atoms with Gasteiger partial charge in [0.2, 0.25) is 0 Å². The number of hydrogen-bond donors (Lipinski definition) is 1. The second-order valence-electron chi connectivity index (χ2n) is 10.2. The number of benzene rings is 4. The SMILES string of the molecule is CCc1cc(S(C)(=O)=O)ccc1C(=O)N1CCOc2ccc(-c3ccc(-c4nc5ccc(F)cc5[nH]4)cc3)cc2C1. The maximum Gasteiger partial charge on any atom is 0.254 e. The van der Waals surface area contributed by atoms with Gasteiger partial charge in [-0.25, -0.2) is 17.8 Å². The van der Waals surface area contributed by atoms with E-state index < -0.39 is 9.84 Å². The Morgan fingerprint density at radius 3 is 2.49 bits per heavy atom. The summed E-state index contributed by atoms with van der Waals surface area (Å²) in [6.45, 7) is 3.05. The molecule has 0 radical (unpaired) electrons. The zero-order valence-corrected chi connectivity index (χ0v) is 23.5. The van der Waals surface area contributed by atoms with E-state index in [0.717, 1.165) is 28.0 Å².